The average Bonchev–Trinajstić information content (AvgIpc) is 3.27. The van der Waals surface area contributed by atoms with Gasteiger partial charge < -0.3 is 4.90 Å². The second-order valence-electron chi connectivity index (χ2n) is 7.31. The molecule has 0 aliphatic carbocycles. The number of likely N-dealkylation sites (tertiary alicyclic amines) is 1. The van der Waals surface area contributed by atoms with E-state index in [1.54, 1.807) is 6.20 Å². The highest BCUT2D eigenvalue weighted by molar-refractivity contribution is 6.07. The molecule has 1 aromatic carbocycles. The van der Waals surface area contributed by atoms with Crippen molar-refractivity contribution in [3.05, 3.63) is 59.0 Å². The van der Waals surface area contributed by atoms with Crippen LogP contribution in [-0.2, 0) is 6.54 Å². The fourth-order valence-corrected chi connectivity index (χ4v) is 4.06. The fourth-order valence-electron chi connectivity index (χ4n) is 4.06. The first-order chi connectivity index (χ1) is 12.5. The number of pyridine rings is 1. The maximum absolute atomic E-state index is 13.4. The lowest BCUT2D eigenvalue weighted by Crippen LogP contribution is -2.38. The smallest absolute Gasteiger partial charge is 0.254 e. The first-order valence-corrected chi connectivity index (χ1v) is 9.20. The second-order valence-corrected chi connectivity index (χ2v) is 7.31. The zero-order valence-electron chi connectivity index (χ0n) is 15.6. The lowest BCUT2D eigenvalue weighted by atomic mass is 10.0. The Kier molecular flexibility index (Phi) is 4.23. The summed E-state index contributed by atoms with van der Waals surface area (Å²) in [5.41, 5.74) is 4.86. The van der Waals surface area contributed by atoms with Gasteiger partial charge in [-0.1, -0.05) is 11.6 Å². The van der Waals surface area contributed by atoms with Gasteiger partial charge in [0.1, 0.15) is 0 Å². The molecule has 1 fully saturated rings. The van der Waals surface area contributed by atoms with Crippen molar-refractivity contribution in [2.45, 2.75) is 46.2 Å². The van der Waals surface area contributed by atoms with Gasteiger partial charge in [-0.2, -0.15) is 5.10 Å². The Balaban J connectivity index is 1.73. The summed E-state index contributed by atoms with van der Waals surface area (Å²) in [5.74, 6) is 0.111. The van der Waals surface area contributed by atoms with Crippen LogP contribution in [0.15, 0.2) is 36.7 Å². The molecule has 5 nitrogen and oxygen atoms in total. The maximum Gasteiger partial charge on any atom is 0.254 e. The molecule has 0 radical (unpaired) electrons. The van der Waals surface area contributed by atoms with Gasteiger partial charge in [0.25, 0.3) is 5.91 Å². The van der Waals surface area contributed by atoms with Gasteiger partial charge in [0.15, 0.2) is 0 Å². The summed E-state index contributed by atoms with van der Waals surface area (Å²) >= 11 is 0. The second kappa shape index (κ2) is 6.56. The average molecular weight is 348 g/mol. The number of hydrogen-bond acceptors (Lipinski definition) is 3. The van der Waals surface area contributed by atoms with Crippen LogP contribution in [-0.4, -0.2) is 38.2 Å². The Bertz CT molecular complexity index is 962. The summed E-state index contributed by atoms with van der Waals surface area (Å²) in [4.78, 5) is 20.1. The van der Waals surface area contributed by atoms with Crippen LogP contribution in [0.1, 0.15) is 40.0 Å². The quantitative estimate of drug-likeness (QED) is 0.726. The number of benzene rings is 1. The van der Waals surface area contributed by atoms with E-state index in [4.69, 9.17) is 0 Å². The van der Waals surface area contributed by atoms with Gasteiger partial charge in [0.2, 0.25) is 0 Å². The molecule has 3 aromatic rings. The van der Waals surface area contributed by atoms with Crippen LogP contribution in [0.4, 0.5) is 0 Å². The Labute approximate surface area is 153 Å². The highest BCUT2D eigenvalue weighted by Gasteiger charge is 2.31. The van der Waals surface area contributed by atoms with Gasteiger partial charge in [-0.25, -0.2) is 0 Å². The van der Waals surface area contributed by atoms with E-state index < -0.39 is 0 Å². The molecule has 1 saturated heterocycles. The SMILES string of the molecule is Cc1cc(C)c2nc(C)cc(C(=O)N3CCC[C@H]3Cn3cccn3)c2c1. The molecule has 1 aliphatic rings. The van der Waals surface area contributed by atoms with Crippen molar-refractivity contribution in [2.75, 3.05) is 6.54 Å². The highest BCUT2D eigenvalue weighted by Crippen LogP contribution is 2.27. The molecule has 1 aliphatic heterocycles. The normalized spacial score (nSPS) is 17.2. The summed E-state index contributed by atoms with van der Waals surface area (Å²) in [5, 5.41) is 5.26. The molecule has 134 valence electrons. The van der Waals surface area contributed by atoms with E-state index in [0.29, 0.717) is 0 Å². The van der Waals surface area contributed by atoms with Crippen LogP contribution in [0.2, 0.25) is 0 Å². The summed E-state index contributed by atoms with van der Waals surface area (Å²) in [7, 11) is 0. The predicted octanol–water partition coefficient (Wildman–Crippen LogP) is 3.66. The molecule has 0 N–H and O–H groups in total. The number of rotatable bonds is 3. The van der Waals surface area contributed by atoms with E-state index in [1.165, 1.54) is 0 Å². The fraction of sp³-hybridized carbons (Fsp3) is 0.381. The Hall–Kier alpha value is -2.69. The van der Waals surface area contributed by atoms with Crippen molar-refractivity contribution in [3.63, 3.8) is 0 Å². The number of aromatic nitrogens is 3. The van der Waals surface area contributed by atoms with E-state index >= 15 is 0 Å². The first kappa shape index (κ1) is 16.8. The molecule has 0 spiro atoms. The molecule has 0 saturated carbocycles. The largest absolute Gasteiger partial charge is 0.334 e. The molecule has 26 heavy (non-hydrogen) atoms. The van der Waals surface area contributed by atoms with E-state index in [-0.39, 0.29) is 11.9 Å². The first-order valence-electron chi connectivity index (χ1n) is 9.20. The van der Waals surface area contributed by atoms with Crippen molar-refractivity contribution in [2.24, 2.45) is 0 Å². The lowest BCUT2D eigenvalue weighted by molar-refractivity contribution is 0.0723. The minimum atomic E-state index is 0.111. The molecule has 3 heterocycles. The molecular weight excluding hydrogens is 324 g/mol. The van der Waals surface area contributed by atoms with Crippen LogP contribution in [0, 0.1) is 20.8 Å². The van der Waals surface area contributed by atoms with Crippen LogP contribution in [0.3, 0.4) is 0 Å². The predicted molar refractivity (Wildman–Crippen MR) is 102 cm³/mol. The van der Waals surface area contributed by atoms with Crippen molar-refractivity contribution >= 4 is 16.8 Å². The molecule has 1 amide bonds. The van der Waals surface area contributed by atoms with Crippen molar-refractivity contribution in [1.29, 1.82) is 0 Å². The van der Waals surface area contributed by atoms with Crippen LogP contribution >= 0.6 is 0 Å². The third-order valence-corrected chi connectivity index (χ3v) is 5.20. The van der Waals surface area contributed by atoms with Gasteiger partial charge in [-0.15, -0.1) is 0 Å². The van der Waals surface area contributed by atoms with Crippen LogP contribution in [0.5, 0.6) is 0 Å². The van der Waals surface area contributed by atoms with Gasteiger partial charge in [-0.3, -0.25) is 14.5 Å². The summed E-state index contributed by atoms with van der Waals surface area (Å²) in [6.07, 6.45) is 5.80. The van der Waals surface area contributed by atoms with Gasteiger partial charge in [0.05, 0.1) is 23.7 Å². The monoisotopic (exact) mass is 348 g/mol. The Morgan fingerprint density at radius 1 is 1.23 bits per heavy atom. The zero-order chi connectivity index (χ0) is 18.3. The van der Waals surface area contributed by atoms with Crippen LogP contribution in [0.25, 0.3) is 10.9 Å². The topological polar surface area (TPSA) is 51.0 Å². The number of fused-ring (bicyclic) bond motifs is 1. The third-order valence-electron chi connectivity index (χ3n) is 5.20. The molecular formula is C21H24N4O. The molecule has 0 bridgehead atoms. The summed E-state index contributed by atoms with van der Waals surface area (Å²) < 4.78 is 1.92. The minimum Gasteiger partial charge on any atom is -0.334 e. The highest BCUT2D eigenvalue weighted by atomic mass is 16.2. The standard InChI is InChI=1S/C21H24N4O/c1-14-10-15(2)20-18(11-14)19(12-16(3)23-20)21(26)25-9-4-6-17(25)13-24-8-5-7-22-24/h5,7-8,10-12,17H,4,6,9,13H2,1-3H3/t17-/m0/s1. The number of carbonyl (C=O) groups excluding carboxylic acids is 1. The number of amides is 1. The van der Waals surface area contributed by atoms with E-state index in [2.05, 4.69) is 36.1 Å². The number of hydrogen-bond donors (Lipinski definition) is 0. The zero-order valence-corrected chi connectivity index (χ0v) is 15.6. The van der Waals surface area contributed by atoms with E-state index in [1.807, 2.05) is 34.8 Å². The van der Waals surface area contributed by atoms with Gasteiger partial charge >= 0.3 is 0 Å². The molecule has 4 rings (SSSR count). The van der Waals surface area contributed by atoms with E-state index in [0.717, 1.165) is 59.2 Å². The minimum absolute atomic E-state index is 0.111. The van der Waals surface area contributed by atoms with E-state index in [9.17, 15) is 4.79 Å². The van der Waals surface area contributed by atoms with Crippen molar-refractivity contribution < 1.29 is 4.79 Å². The molecule has 0 unspecified atom stereocenters. The van der Waals surface area contributed by atoms with Gasteiger partial charge in [0, 0.05) is 30.0 Å². The maximum atomic E-state index is 13.4. The third kappa shape index (κ3) is 2.98. The summed E-state index contributed by atoms with van der Waals surface area (Å²) in [6.45, 7) is 7.64. The Morgan fingerprint density at radius 3 is 2.85 bits per heavy atom. The lowest BCUT2D eigenvalue weighted by Gasteiger charge is -2.25. The molecule has 2 aromatic heterocycles. The number of aryl methyl sites for hydroxylation is 3. The number of nitrogens with zero attached hydrogens (tertiary/aromatic N) is 4. The van der Waals surface area contributed by atoms with Crippen molar-refractivity contribution in [3.8, 4) is 0 Å². The summed E-state index contributed by atoms with van der Waals surface area (Å²) in [6, 6.07) is 8.26. The number of carbonyl (C=O) groups is 1. The molecule has 1 atom stereocenters. The molecule has 5 heteroatoms. The van der Waals surface area contributed by atoms with Crippen LogP contribution < -0.4 is 0 Å². The Morgan fingerprint density at radius 2 is 2.08 bits per heavy atom. The van der Waals surface area contributed by atoms with Crippen molar-refractivity contribution in [1.82, 2.24) is 19.7 Å². The van der Waals surface area contributed by atoms with Gasteiger partial charge in [-0.05, 0) is 57.4 Å².